The first kappa shape index (κ1) is 24.1. The van der Waals surface area contributed by atoms with Crippen LogP contribution in [0, 0.1) is 0 Å². The fourth-order valence-corrected chi connectivity index (χ4v) is 4.92. The molecule has 0 spiro atoms. The predicted molar refractivity (Wildman–Crippen MR) is 135 cm³/mol. The van der Waals surface area contributed by atoms with E-state index in [1.807, 2.05) is 54.6 Å². The van der Waals surface area contributed by atoms with Crippen LogP contribution in [0.3, 0.4) is 0 Å². The van der Waals surface area contributed by atoms with E-state index in [2.05, 4.69) is 5.32 Å². The molecule has 1 atom stereocenters. The number of fused-ring (bicyclic) bond motifs is 1. The Morgan fingerprint density at radius 1 is 0.941 bits per heavy atom. The largest absolute Gasteiger partial charge is 0.484 e. The SMILES string of the molecule is O=C(O)CC(c1cccc(Cl)c1)c1ccc2ccc(OCC(=O)NC3CCCCCC3)cc2c1. The van der Waals surface area contributed by atoms with Gasteiger partial charge in [-0.05, 0) is 59.0 Å². The van der Waals surface area contributed by atoms with E-state index in [0.29, 0.717) is 10.8 Å². The summed E-state index contributed by atoms with van der Waals surface area (Å²) in [7, 11) is 0. The van der Waals surface area contributed by atoms with Gasteiger partial charge in [0, 0.05) is 17.0 Å². The molecule has 0 bridgehead atoms. The number of carboxylic acid groups (broad SMARTS) is 1. The fraction of sp³-hybridized carbons (Fsp3) is 0.357. The molecule has 0 heterocycles. The predicted octanol–water partition coefficient (Wildman–Crippen LogP) is 6.32. The molecule has 2 N–H and O–H groups in total. The zero-order chi connectivity index (χ0) is 23.9. The Bertz CT molecular complexity index is 1150. The van der Waals surface area contributed by atoms with E-state index in [0.717, 1.165) is 47.6 Å². The molecule has 0 aromatic heterocycles. The van der Waals surface area contributed by atoms with Gasteiger partial charge in [0.1, 0.15) is 5.75 Å². The minimum Gasteiger partial charge on any atom is -0.484 e. The average Bonchev–Trinajstić information content (AvgIpc) is 3.09. The molecule has 34 heavy (non-hydrogen) atoms. The standard InChI is InChI=1S/C28H30ClNO4/c29-23-7-5-6-20(15-23)26(17-28(32)33)21-11-10-19-12-13-25(16-22(19)14-21)34-18-27(31)30-24-8-3-1-2-4-9-24/h5-7,10-16,24,26H,1-4,8-9,17-18H2,(H,30,31)(H,32,33). The summed E-state index contributed by atoms with van der Waals surface area (Å²) >= 11 is 6.16. The topological polar surface area (TPSA) is 75.6 Å². The lowest BCUT2D eigenvalue weighted by Crippen LogP contribution is -2.37. The first-order valence-corrected chi connectivity index (χ1v) is 12.3. The van der Waals surface area contributed by atoms with Crippen molar-refractivity contribution in [2.24, 2.45) is 0 Å². The summed E-state index contributed by atoms with van der Waals surface area (Å²) in [5.41, 5.74) is 1.75. The minimum absolute atomic E-state index is 0.0220. The maximum Gasteiger partial charge on any atom is 0.304 e. The van der Waals surface area contributed by atoms with Crippen LogP contribution in [-0.2, 0) is 9.59 Å². The summed E-state index contributed by atoms with van der Waals surface area (Å²) in [6.07, 6.45) is 6.85. The van der Waals surface area contributed by atoms with Crippen LogP contribution in [0.25, 0.3) is 10.8 Å². The Labute approximate surface area is 205 Å². The molecule has 1 fully saturated rings. The number of ether oxygens (including phenoxy) is 1. The maximum atomic E-state index is 12.4. The minimum atomic E-state index is -0.873. The third-order valence-electron chi connectivity index (χ3n) is 6.46. The van der Waals surface area contributed by atoms with Crippen LogP contribution < -0.4 is 10.1 Å². The smallest absolute Gasteiger partial charge is 0.304 e. The van der Waals surface area contributed by atoms with Gasteiger partial charge in [-0.15, -0.1) is 0 Å². The molecule has 6 heteroatoms. The van der Waals surface area contributed by atoms with Crippen LogP contribution >= 0.6 is 11.6 Å². The summed E-state index contributed by atoms with van der Waals surface area (Å²) in [5.74, 6) is -0.682. The molecule has 5 nitrogen and oxygen atoms in total. The van der Waals surface area contributed by atoms with Gasteiger partial charge < -0.3 is 15.2 Å². The first-order valence-electron chi connectivity index (χ1n) is 11.9. The summed E-state index contributed by atoms with van der Waals surface area (Å²) in [4.78, 5) is 24.0. The maximum absolute atomic E-state index is 12.4. The summed E-state index contributed by atoms with van der Waals surface area (Å²) in [6.45, 7) is -0.0220. The van der Waals surface area contributed by atoms with Gasteiger partial charge in [-0.25, -0.2) is 0 Å². The molecule has 1 saturated carbocycles. The normalized spacial score (nSPS) is 15.4. The third-order valence-corrected chi connectivity index (χ3v) is 6.69. The lowest BCUT2D eigenvalue weighted by Gasteiger charge is -2.18. The number of carbonyl (C=O) groups is 2. The summed E-state index contributed by atoms with van der Waals surface area (Å²) in [5, 5.41) is 15.1. The molecule has 4 rings (SSSR count). The van der Waals surface area contributed by atoms with Crippen molar-refractivity contribution in [2.45, 2.75) is 56.9 Å². The number of carboxylic acids is 1. The van der Waals surface area contributed by atoms with Crippen molar-refractivity contribution in [3.05, 3.63) is 76.8 Å². The molecular formula is C28H30ClNO4. The second-order valence-corrected chi connectivity index (χ2v) is 9.45. The number of carbonyl (C=O) groups excluding carboxylic acids is 1. The number of amides is 1. The lowest BCUT2D eigenvalue weighted by molar-refractivity contribution is -0.137. The molecule has 0 radical (unpaired) electrons. The van der Waals surface area contributed by atoms with Crippen molar-refractivity contribution in [1.82, 2.24) is 5.32 Å². The second kappa shape index (κ2) is 11.4. The molecule has 1 unspecified atom stereocenters. The Balaban J connectivity index is 1.49. The highest BCUT2D eigenvalue weighted by atomic mass is 35.5. The van der Waals surface area contributed by atoms with Crippen molar-refractivity contribution in [3.63, 3.8) is 0 Å². The van der Waals surface area contributed by atoms with Gasteiger partial charge in [-0.1, -0.05) is 73.7 Å². The monoisotopic (exact) mass is 479 g/mol. The zero-order valence-electron chi connectivity index (χ0n) is 19.1. The lowest BCUT2D eigenvalue weighted by atomic mass is 9.87. The number of halogens is 1. The highest BCUT2D eigenvalue weighted by molar-refractivity contribution is 6.30. The van der Waals surface area contributed by atoms with Crippen LogP contribution in [0.5, 0.6) is 5.75 Å². The molecule has 3 aromatic rings. The molecule has 0 aliphatic heterocycles. The highest BCUT2D eigenvalue weighted by Gasteiger charge is 2.19. The van der Waals surface area contributed by atoms with Gasteiger partial charge in [0.15, 0.2) is 6.61 Å². The van der Waals surface area contributed by atoms with Crippen LogP contribution in [0.1, 0.15) is 62.0 Å². The first-order chi connectivity index (χ1) is 16.5. The molecule has 1 aliphatic rings. The number of hydrogen-bond donors (Lipinski definition) is 2. The van der Waals surface area contributed by atoms with E-state index < -0.39 is 5.97 Å². The molecular weight excluding hydrogens is 450 g/mol. The third kappa shape index (κ3) is 6.51. The fourth-order valence-electron chi connectivity index (χ4n) is 4.72. The number of rotatable bonds is 8. The van der Waals surface area contributed by atoms with E-state index in [9.17, 15) is 14.7 Å². The van der Waals surface area contributed by atoms with Gasteiger partial charge in [-0.2, -0.15) is 0 Å². The molecule has 178 valence electrons. The van der Waals surface area contributed by atoms with Crippen LogP contribution in [0.2, 0.25) is 5.02 Å². The highest BCUT2D eigenvalue weighted by Crippen LogP contribution is 2.32. The van der Waals surface area contributed by atoms with E-state index in [1.54, 1.807) is 6.07 Å². The van der Waals surface area contributed by atoms with Gasteiger partial charge in [0.05, 0.1) is 6.42 Å². The molecule has 3 aromatic carbocycles. The van der Waals surface area contributed by atoms with Gasteiger partial charge in [0.2, 0.25) is 0 Å². The van der Waals surface area contributed by atoms with Crippen molar-refractivity contribution in [1.29, 1.82) is 0 Å². The van der Waals surface area contributed by atoms with Crippen molar-refractivity contribution in [2.75, 3.05) is 6.61 Å². The van der Waals surface area contributed by atoms with Crippen LogP contribution in [0.15, 0.2) is 60.7 Å². The molecule has 1 aliphatic carbocycles. The van der Waals surface area contributed by atoms with Gasteiger partial charge in [0.25, 0.3) is 5.91 Å². The van der Waals surface area contributed by atoms with Crippen LogP contribution in [0.4, 0.5) is 0 Å². The Morgan fingerprint density at radius 2 is 1.68 bits per heavy atom. The van der Waals surface area contributed by atoms with E-state index in [-0.39, 0.29) is 30.9 Å². The van der Waals surface area contributed by atoms with Crippen molar-refractivity contribution >= 4 is 34.2 Å². The van der Waals surface area contributed by atoms with E-state index >= 15 is 0 Å². The number of hydrogen-bond acceptors (Lipinski definition) is 3. The molecule has 1 amide bonds. The Morgan fingerprint density at radius 3 is 2.41 bits per heavy atom. The van der Waals surface area contributed by atoms with Crippen LogP contribution in [-0.4, -0.2) is 29.6 Å². The Kier molecular flexibility index (Phi) is 8.07. The zero-order valence-corrected chi connectivity index (χ0v) is 19.9. The number of aliphatic carboxylic acids is 1. The summed E-state index contributed by atoms with van der Waals surface area (Å²) < 4.78 is 5.79. The van der Waals surface area contributed by atoms with Gasteiger partial charge >= 0.3 is 5.97 Å². The average molecular weight is 480 g/mol. The number of benzene rings is 3. The summed E-state index contributed by atoms with van der Waals surface area (Å²) in [6, 6.07) is 19.2. The van der Waals surface area contributed by atoms with E-state index in [4.69, 9.17) is 16.3 Å². The quantitative estimate of drug-likeness (QED) is 0.371. The second-order valence-electron chi connectivity index (χ2n) is 9.02. The Hall–Kier alpha value is -3.05. The van der Waals surface area contributed by atoms with E-state index in [1.165, 1.54) is 12.8 Å². The van der Waals surface area contributed by atoms with Crippen molar-refractivity contribution < 1.29 is 19.4 Å². The molecule has 0 saturated heterocycles. The van der Waals surface area contributed by atoms with Crippen molar-refractivity contribution in [3.8, 4) is 5.75 Å². The van der Waals surface area contributed by atoms with Gasteiger partial charge in [-0.3, -0.25) is 9.59 Å². The number of nitrogens with one attached hydrogen (secondary N) is 1.